The maximum atomic E-state index is 13.1. The second-order valence-corrected chi connectivity index (χ2v) is 9.96. The van der Waals surface area contributed by atoms with Crippen LogP contribution < -0.4 is 10.1 Å². The first kappa shape index (κ1) is 26.8. The van der Waals surface area contributed by atoms with Crippen LogP contribution in [0.15, 0.2) is 72.3 Å². The van der Waals surface area contributed by atoms with Crippen molar-refractivity contribution < 1.29 is 19.4 Å². The molecule has 0 aliphatic heterocycles. The number of hydrogen-bond donors (Lipinski definition) is 2. The van der Waals surface area contributed by atoms with Gasteiger partial charge in [-0.25, -0.2) is 9.78 Å². The van der Waals surface area contributed by atoms with Gasteiger partial charge in [-0.3, -0.25) is 4.79 Å². The fourth-order valence-electron chi connectivity index (χ4n) is 4.10. The van der Waals surface area contributed by atoms with Crippen LogP contribution in [0.2, 0.25) is 0 Å². The number of benzene rings is 3. The van der Waals surface area contributed by atoms with Gasteiger partial charge in [0.1, 0.15) is 15.6 Å². The van der Waals surface area contributed by atoms with Gasteiger partial charge in [-0.15, -0.1) is 11.3 Å². The summed E-state index contributed by atoms with van der Waals surface area (Å²) in [5.74, 6) is -0.424. The molecule has 0 atom stereocenters. The van der Waals surface area contributed by atoms with Crippen LogP contribution in [-0.4, -0.2) is 29.1 Å². The van der Waals surface area contributed by atoms with Crippen molar-refractivity contribution in [1.29, 1.82) is 0 Å². The molecule has 0 saturated carbocycles. The Morgan fingerprint density at radius 2 is 1.71 bits per heavy atom. The Balaban J connectivity index is 1.55. The van der Waals surface area contributed by atoms with Crippen molar-refractivity contribution in [3.05, 3.63) is 99.6 Å². The molecule has 4 rings (SSSR count). The highest BCUT2D eigenvalue weighted by atomic mass is 32.1. The first-order valence-corrected chi connectivity index (χ1v) is 13.1. The van der Waals surface area contributed by atoms with Gasteiger partial charge >= 0.3 is 5.97 Å². The molecular formula is C31H30N2O4S. The highest BCUT2D eigenvalue weighted by molar-refractivity contribution is 7.17. The Morgan fingerprint density at radius 3 is 2.39 bits per heavy atom. The molecule has 0 aliphatic carbocycles. The third kappa shape index (κ3) is 6.18. The Kier molecular flexibility index (Phi) is 8.38. The fraction of sp³-hybridized carbons (Fsp3) is 0.194. The van der Waals surface area contributed by atoms with Crippen LogP contribution in [0.25, 0.3) is 27.8 Å². The molecule has 0 bridgehead atoms. The van der Waals surface area contributed by atoms with Gasteiger partial charge in [0.25, 0.3) is 5.91 Å². The van der Waals surface area contributed by atoms with E-state index in [2.05, 4.69) is 10.3 Å². The molecule has 0 fully saturated rings. The third-order valence-corrected chi connectivity index (χ3v) is 7.44. The number of aliphatic carboxylic acids is 1. The summed E-state index contributed by atoms with van der Waals surface area (Å²) < 4.78 is 5.55. The molecule has 0 spiro atoms. The Labute approximate surface area is 226 Å². The number of carboxylic acid groups (broad SMARTS) is 1. The lowest BCUT2D eigenvalue weighted by atomic mass is 9.99. The predicted octanol–water partition coefficient (Wildman–Crippen LogP) is 6.91. The second kappa shape index (κ2) is 11.9. The summed E-state index contributed by atoms with van der Waals surface area (Å²) >= 11 is 1.38. The first-order valence-electron chi connectivity index (χ1n) is 12.3. The zero-order chi connectivity index (χ0) is 27.2. The number of hydrogen-bond acceptors (Lipinski definition) is 5. The van der Waals surface area contributed by atoms with E-state index >= 15 is 0 Å². The lowest BCUT2D eigenvalue weighted by molar-refractivity contribution is -0.132. The summed E-state index contributed by atoms with van der Waals surface area (Å²) in [4.78, 5) is 29.7. The second-order valence-electron chi connectivity index (χ2n) is 8.96. The highest BCUT2D eigenvalue weighted by Gasteiger charge is 2.17. The van der Waals surface area contributed by atoms with Crippen LogP contribution in [0.1, 0.15) is 45.4 Å². The topological polar surface area (TPSA) is 88.5 Å². The van der Waals surface area contributed by atoms with Crippen LogP contribution >= 0.6 is 11.3 Å². The number of nitrogens with zero attached hydrogens (tertiary/aromatic N) is 1. The lowest BCUT2D eigenvalue weighted by Crippen LogP contribution is -2.22. The van der Waals surface area contributed by atoms with Crippen molar-refractivity contribution >= 4 is 29.3 Å². The van der Waals surface area contributed by atoms with Gasteiger partial charge in [-0.05, 0) is 61.2 Å². The molecule has 2 N–H and O–H groups in total. The summed E-state index contributed by atoms with van der Waals surface area (Å²) in [6.07, 6.45) is 2.14. The minimum Gasteiger partial charge on any atom is -0.496 e. The lowest BCUT2D eigenvalue weighted by Gasteiger charge is -2.12. The molecular weight excluding hydrogens is 496 g/mol. The average Bonchev–Trinajstić information content (AvgIpc) is 3.32. The molecule has 0 aliphatic rings. The van der Waals surface area contributed by atoms with Crippen molar-refractivity contribution in [2.45, 2.75) is 33.7 Å². The minimum absolute atomic E-state index is 0.182. The number of methoxy groups -OCH3 is 1. The predicted molar refractivity (Wildman–Crippen MR) is 153 cm³/mol. The third-order valence-electron chi connectivity index (χ3n) is 6.24. The van der Waals surface area contributed by atoms with E-state index < -0.39 is 5.97 Å². The van der Waals surface area contributed by atoms with E-state index in [0.29, 0.717) is 28.3 Å². The molecule has 0 radical (unpaired) electrons. The molecule has 0 saturated heterocycles. The highest BCUT2D eigenvalue weighted by Crippen LogP contribution is 2.30. The van der Waals surface area contributed by atoms with Gasteiger partial charge in [-0.2, -0.15) is 0 Å². The van der Waals surface area contributed by atoms with Gasteiger partial charge in [0.2, 0.25) is 0 Å². The first-order chi connectivity index (χ1) is 18.3. The van der Waals surface area contributed by atoms with Crippen molar-refractivity contribution in [3.8, 4) is 27.4 Å². The SMILES string of the molecule is CCC(=Cc1cccc(-c2ccc(OC)c(CNC(=O)c3sc(-c4ccc(C)cc4)nc3C)c2)c1)C(=O)O. The van der Waals surface area contributed by atoms with Crippen LogP contribution in [0, 0.1) is 13.8 Å². The minimum atomic E-state index is -0.914. The molecule has 6 nitrogen and oxygen atoms in total. The van der Waals surface area contributed by atoms with Crippen molar-refractivity contribution in [1.82, 2.24) is 10.3 Å². The molecule has 194 valence electrons. The normalized spacial score (nSPS) is 11.3. The van der Waals surface area contributed by atoms with Crippen LogP contribution in [0.3, 0.4) is 0 Å². The number of aryl methyl sites for hydroxylation is 2. The van der Waals surface area contributed by atoms with Crippen LogP contribution in [0.5, 0.6) is 5.75 Å². The smallest absolute Gasteiger partial charge is 0.331 e. The molecule has 38 heavy (non-hydrogen) atoms. The zero-order valence-electron chi connectivity index (χ0n) is 21.9. The average molecular weight is 527 g/mol. The van der Waals surface area contributed by atoms with E-state index in [0.717, 1.165) is 32.8 Å². The number of aromatic nitrogens is 1. The molecule has 7 heteroatoms. The van der Waals surface area contributed by atoms with Crippen molar-refractivity contribution in [3.63, 3.8) is 0 Å². The van der Waals surface area contributed by atoms with Gasteiger partial charge < -0.3 is 15.2 Å². The number of thiazole rings is 1. The summed E-state index contributed by atoms with van der Waals surface area (Å²) in [7, 11) is 1.60. The van der Waals surface area contributed by atoms with E-state index in [-0.39, 0.29) is 12.5 Å². The Morgan fingerprint density at radius 1 is 1.00 bits per heavy atom. The van der Waals surface area contributed by atoms with Crippen molar-refractivity contribution in [2.24, 2.45) is 0 Å². The molecule has 3 aromatic carbocycles. The van der Waals surface area contributed by atoms with Crippen molar-refractivity contribution in [2.75, 3.05) is 7.11 Å². The standard InChI is InChI=1S/C31H30N2O4S/c1-5-22(31(35)36)15-21-7-6-8-24(16-21)25-13-14-27(37-4)26(17-25)18-32-29(34)28-20(3)33-30(38-28)23-11-9-19(2)10-12-23/h6-17H,5,18H2,1-4H3,(H,32,34)(H,35,36). The number of nitrogens with one attached hydrogen (secondary N) is 1. The van der Waals surface area contributed by atoms with E-state index in [4.69, 9.17) is 4.74 Å². The maximum Gasteiger partial charge on any atom is 0.331 e. The summed E-state index contributed by atoms with van der Waals surface area (Å²) in [6.45, 7) is 5.99. The summed E-state index contributed by atoms with van der Waals surface area (Å²) in [6, 6.07) is 21.6. The number of carbonyl (C=O) groups is 2. The summed E-state index contributed by atoms with van der Waals surface area (Å²) in [5, 5.41) is 13.2. The van der Waals surface area contributed by atoms with E-state index in [1.165, 1.54) is 16.9 Å². The molecule has 1 heterocycles. The van der Waals surface area contributed by atoms with Gasteiger partial charge in [0.05, 0.1) is 12.8 Å². The van der Waals surface area contributed by atoms with Gasteiger partial charge in [0, 0.05) is 23.2 Å². The number of rotatable bonds is 9. The van der Waals surface area contributed by atoms with E-state index in [9.17, 15) is 14.7 Å². The number of carbonyl (C=O) groups excluding carboxylic acids is 1. The molecule has 0 unspecified atom stereocenters. The Hall–Kier alpha value is -4.23. The van der Waals surface area contributed by atoms with Crippen LogP contribution in [-0.2, 0) is 11.3 Å². The number of ether oxygens (including phenoxy) is 1. The number of carboxylic acids is 1. The molecule has 4 aromatic rings. The molecule has 1 amide bonds. The quantitative estimate of drug-likeness (QED) is 0.231. The van der Waals surface area contributed by atoms with E-state index in [1.807, 2.05) is 87.5 Å². The summed E-state index contributed by atoms with van der Waals surface area (Å²) in [5.41, 5.74) is 6.74. The van der Waals surface area contributed by atoms with E-state index in [1.54, 1.807) is 13.2 Å². The van der Waals surface area contributed by atoms with Crippen LogP contribution in [0.4, 0.5) is 0 Å². The largest absolute Gasteiger partial charge is 0.496 e. The maximum absolute atomic E-state index is 13.1. The Bertz CT molecular complexity index is 1500. The van der Waals surface area contributed by atoms with Gasteiger partial charge in [0.15, 0.2) is 0 Å². The molecule has 1 aromatic heterocycles. The van der Waals surface area contributed by atoms with Gasteiger partial charge in [-0.1, -0.05) is 61.0 Å². The number of amides is 1. The zero-order valence-corrected chi connectivity index (χ0v) is 22.7. The monoisotopic (exact) mass is 526 g/mol. The fourth-order valence-corrected chi connectivity index (χ4v) is 5.09.